The Morgan fingerprint density at radius 1 is 1.25 bits per heavy atom. The average molecular weight is 275 g/mol. The zero-order chi connectivity index (χ0) is 14.4. The maximum Gasteiger partial charge on any atom is 0.221 e. The molecule has 0 aromatic heterocycles. The van der Waals surface area contributed by atoms with Crippen molar-refractivity contribution < 1.29 is 14.3 Å². The number of anilines is 1. The highest BCUT2D eigenvalue weighted by molar-refractivity contribution is 5.97. The second-order valence-corrected chi connectivity index (χ2v) is 5.21. The molecule has 1 aromatic carbocycles. The van der Waals surface area contributed by atoms with Crippen molar-refractivity contribution in [3.63, 3.8) is 0 Å². The maximum absolute atomic E-state index is 12.1. The summed E-state index contributed by atoms with van der Waals surface area (Å²) in [6.45, 7) is 2.29. The molecule has 1 N–H and O–H groups in total. The molecule has 20 heavy (non-hydrogen) atoms. The van der Waals surface area contributed by atoms with Crippen LogP contribution in [0.25, 0.3) is 0 Å². The normalized spacial score (nSPS) is 18.6. The number of rotatable bonds is 5. The molecule has 0 radical (unpaired) electrons. The minimum atomic E-state index is -0.112. The molecule has 1 saturated heterocycles. The lowest BCUT2D eigenvalue weighted by atomic mass is 10.00. The van der Waals surface area contributed by atoms with Gasteiger partial charge in [0.05, 0.1) is 6.10 Å². The zero-order valence-corrected chi connectivity index (χ0v) is 11.9. The Morgan fingerprint density at radius 2 is 2.00 bits per heavy atom. The molecule has 1 unspecified atom stereocenters. The highest BCUT2D eigenvalue weighted by atomic mass is 16.5. The van der Waals surface area contributed by atoms with E-state index >= 15 is 0 Å². The smallest absolute Gasteiger partial charge is 0.221 e. The summed E-state index contributed by atoms with van der Waals surface area (Å²) in [5, 5.41) is 2.68. The van der Waals surface area contributed by atoms with Crippen molar-refractivity contribution in [2.24, 2.45) is 0 Å². The van der Waals surface area contributed by atoms with Gasteiger partial charge in [-0.05, 0) is 49.9 Å². The third kappa shape index (κ3) is 4.46. The summed E-state index contributed by atoms with van der Waals surface area (Å²) >= 11 is 0. The summed E-state index contributed by atoms with van der Waals surface area (Å²) < 4.78 is 5.63. The third-order valence-electron chi connectivity index (χ3n) is 3.49. The van der Waals surface area contributed by atoms with Gasteiger partial charge in [0.2, 0.25) is 5.91 Å². The van der Waals surface area contributed by atoms with E-state index in [1.54, 1.807) is 24.3 Å². The van der Waals surface area contributed by atoms with Gasteiger partial charge in [-0.25, -0.2) is 0 Å². The van der Waals surface area contributed by atoms with E-state index < -0.39 is 0 Å². The van der Waals surface area contributed by atoms with Gasteiger partial charge >= 0.3 is 0 Å². The molecular weight excluding hydrogens is 254 g/mol. The van der Waals surface area contributed by atoms with Crippen molar-refractivity contribution in [1.82, 2.24) is 0 Å². The summed E-state index contributed by atoms with van der Waals surface area (Å²) in [7, 11) is 0. The lowest BCUT2D eigenvalue weighted by Crippen LogP contribution is -2.20. The molecule has 0 saturated carbocycles. The minimum absolute atomic E-state index is 0.112. The summed E-state index contributed by atoms with van der Waals surface area (Å²) in [6, 6.07) is 7.03. The molecule has 0 bridgehead atoms. The monoisotopic (exact) mass is 275 g/mol. The van der Waals surface area contributed by atoms with Crippen LogP contribution in [0.15, 0.2) is 24.3 Å². The molecule has 4 heteroatoms. The molecule has 1 aliphatic rings. The number of benzene rings is 1. The van der Waals surface area contributed by atoms with Crippen molar-refractivity contribution in [2.45, 2.75) is 45.1 Å². The topological polar surface area (TPSA) is 55.4 Å². The summed E-state index contributed by atoms with van der Waals surface area (Å²) in [4.78, 5) is 23.0. The Kier molecular flexibility index (Phi) is 5.30. The van der Waals surface area contributed by atoms with Gasteiger partial charge in [-0.3, -0.25) is 9.59 Å². The molecule has 0 aliphatic carbocycles. The van der Waals surface area contributed by atoms with E-state index in [1.165, 1.54) is 13.3 Å². The van der Waals surface area contributed by atoms with Gasteiger partial charge < -0.3 is 10.1 Å². The van der Waals surface area contributed by atoms with Crippen LogP contribution in [0.3, 0.4) is 0 Å². The van der Waals surface area contributed by atoms with Gasteiger partial charge in [0.1, 0.15) is 0 Å². The summed E-state index contributed by atoms with van der Waals surface area (Å²) in [5.74, 6) is 0.0204. The SMILES string of the molecule is CC(=O)Nc1ccc(C(=O)CCC2CCCCO2)cc1. The maximum atomic E-state index is 12.1. The van der Waals surface area contributed by atoms with Crippen molar-refractivity contribution in [1.29, 1.82) is 0 Å². The average Bonchev–Trinajstić information content (AvgIpc) is 2.46. The van der Waals surface area contributed by atoms with Crippen LogP contribution in [0, 0.1) is 0 Å². The zero-order valence-electron chi connectivity index (χ0n) is 11.9. The van der Waals surface area contributed by atoms with Crippen LogP contribution in [-0.4, -0.2) is 24.4 Å². The summed E-state index contributed by atoms with van der Waals surface area (Å²) in [5.41, 5.74) is 1.40. The number of amides is 1. The first-order chi connectivity index (χ1) is 9.65. The molecule has 1 aromatic rings. The summed E-state index contributed by atoms with van der Waals surface area (Å²) in [6.07, 6.45) is 4.95. The van der Waals surface area contributed by atoms with Gasteiger partial charge in [-0.2, -0.15) is 0 Å². The van der Waals surface area contributed by atoms with E-state index in [0.717, 1.165) is 25.9 Å². The first kappa shape index (κ1) is 14.7. The Hall–Kier alpha value is -1.68. The Balaban J connectivity index is 1.83. The fourth-order valence-electron chi connectivity index (χ4n) is 2.41. The van der Waals surface area contributed by atoms with Crippen LogP contribution in [-0.2, 0) is 9.53 Å². The highest BCUT2D eigenvalue weighted by Crippen LogP contribution is 2.19. The number of ether oxygens (including phenoxy) is 1. The standard InChI is InChI=1S/C16H21NO3/c1-12(18)17-14-7-5-13(6-8-14)16(19)10-9-15-4-2-3-11-20-15/h5-8,15H,2-4,9-11H2,1H3,(H,17,18). The van der Waals surface area contributed by atoms with Gasteiger partial charge in [-0.1, -0.05) is 0 Å². The van der Waals surface area contributed by atoms with E-state index in [2.05, 4.69) is 5.32 Å². The van der Waals surface area contributed by atoms with Crippen molar-refractivity contribution in [3.8, 4) is 0 Å². The molecule has 1 fully saturated rings. The lowest BCUT2D eigenvalue weighted by Gasteiger charge is -2.22. The molecule has 0 spiro atoms. The number of carbonyl (C=O) groups excluding carboxylic acids is 2. The second-order valence-electron chi connectivity index (χ2n) is 5.21. The number of carbonyl (C=O) groups is 2. The molecule has 1 aliphatic heterocycles. The van der Waals surface area contributed by atoms with E-state index in [-0.39, 0.29) is 17.8 Å². The molecule has 4 nitrogen and oxygen atoms in total. The van der Waals surface area contributed by atoms with E-state index in [9.17, 15) is 9.59 Å². The van der Waals surface area contributed by atoms with Crippen LogP contribution in [0.1, 0.15) is 49.4 Å². The van der Waals surface area contributed by atoms with Crippen LogP contribution in [0.2, 0.25) is 0 Å². The van der Waals surface area contributed by atoms with Crippen molar-refractivity contribution in [2.75, 3.05) is 11.9 Å². The number of Topliss-reactive ketones (excluding diaryl/α,β-unsaturated/α-hetero) is 1. The number of ketones is 1. The highest BCUT2D eigenvalue weighted by Gasteiger charge is 2.16. The van der Waals surface area contributed by atoms with Crippen LogP contribution in [0.4, 0.5) is 5.69 Å². The van der Waals surface area contributed by atoms with Crippen molar-refractivity contribution >= 4 is 17.4 Å². The quantitative estimate of drug-likeness (QED) is 0.840. The first-order valence-corrected chi connectivity index (χ1v) is 7.17. The van der Waals surface area contributed by atoms with Gasteiger partial charge in [0, 0.05) is 31.2 Å². The number of hydrogen-bond acceptors (Lipinski definition) is 3. The van der Waals surface area contributed by atoms with E-state index in [4.69, 9.17) is 4.74 Å². The van der Waals surface area contributed by atoms with E-state index in [0.29, 0.717) is 17.7 Å². The molecule has 2 rings (SSSR count). The van der Waals surface area contributed by atoms with Gasteiger partial charge in [0.25, 0.3) is 0 Å². The van der Waals surface area contributed by atoms with E-state index in [1.807, 2.05) is 0 Å². The lowest BCUT2D eigenvalue weighted by molar-refractivity contribution is -0.114. The Bertz CT molecular complexity index is 461. The largest absolute Gasteiger partial charge is 0.378 e. The fourth-order valence-corrected chi connectivity index (χ4v) is 2.41. The third-order valence-corrected chi connectivity index (χ3v) is 3.49. The van der Waals surface area contributed by atoms with Crippen LogP contribution >= 0.6 is 0 Å². The predicted molar refractivity (Wildman–Crippen MR) is 77.9 cm³/mol. The minimum Gasteiger partial charge on any atom is -0.378 e. The predicted octanol–water partition coefficient (Wildman–Crippen LogP) is 3.18. The fraction of sp³-hybridized carbons (Fsp3) is 0.500. The van der Waals surface area contributed by atoms with Gasteiger partial charge in [0.15, 0.2) is 5.78 Å². The Morgan fingerprint density at radius 3 is 2.60 bits per heavy atom. The van der Waals surface area contributed by atoms with Gasteiger partial charge in [-0.15, -0.1) is 0 Å². The molecule has 108 valence electrons. The van der Waals surface area contributed by atoms with Crippen LogP contribution in [0.5, 0.6) is 0 Å². The second kappa shape index (κ2) is 7.20. The molecular formula is C16H21NO3. The van der Waals surface area contributed by atoms with Crippen LogP contribution < -0.4 is 5.32 Å². The molecule has 1 heterocycles. The molecule has 1 atom stereocenters. The molecule has 1 amide bonds. The van der Waals surface area contributed by atoms with Crippen molar-refractivity contribution in [3.05, 3.63) is 29.8 Å². The first-order valence-electron chi connectivity index (χ1n) is 7.17. The number of nitrogens with one attached hydrogen (secondary N) is 1. The number of hydrogen-bond donors (Lipinski definition) is 1. The Labute approximate surface area is 119 Å².